The molecule has 0 aliphatic heterocycles. The van der Waals surface area contributed by atoms with Gasteiger partial charge in [-0.25, -0.2) is 9.79 Å². The van der Waals surface area contributed by atoms with Crippen LogP contribution in [0, 0.1) is 0 Å². The summed E-state index contributed by atoms with van der Waals surface area (Å²) < 4.78 is 43.7. The van der Waals surface area contributed by atoms with E-state index in [-0.39, 0.29) is 12.3 Å². The molecule has 4 N–H and O–H groups in total. The standard InChI is InChI=1S/C13H14F3N3O2/c1-2-21-12(20)10(7-17)11(13(14,15)16)19-9-5-3-8(18)4-6-9/h3-7H,2,17-18H2,1H3. The summed E-state index contributed by atoms with van der Waals surface area (Å²) in [6, 6.07) is 5.37. The molecule has 0 saturated heterocycles. The molecular weight excluding hydrogens is 287 g/mol. The molecule has 21 heavy (non-hydrogen) atoms. The van der Waals surface area contributed by atoms with E-state index in [2.05, 4.69) is 9.73 Å². The van der Waals surface area contributed by atoms with E-state index in [0.717, 1.165) is 0 Å². The number of carbonyl (C=O) groups excluding carboxylic acids is 1. The molecule has 0 saturated carbocycles. The Balaban J connectivity index is 3.29. The average molecular weight is 301 g/mol. The molecule has 0 heterocycles. The van der Waals surface area contributed by atoms with E-state index in [1.54, 1.807) is 0 Å². The van der Waals surface area contributed by atoms with Gasteiger partial charge in [0.1, 0.15) is 5.57 Å². The van der Waals surface area contributed by atoms with Crippen molar-refractivity contribution < 1.29 is 22.7 Å². The van der Waals surface area contributed by atoms with Crippen molar-refractivity contribution >= 4 is 23.1 Å². The molecule has 0 atom stereocenters. The van der Waals surface area contributed by atoms with Gasteiger partial charge in [-0.1, -0.05) is 0 Å². The number of esters is 1. The van der Waals surface area contributed by atoms with E-state index in [0.29, 0.717) is 11.9 Å². The molecule has 114 valence electrons. The van der Waals surface area contributed by atoms with Crippen LogP contribution in [0.1, 0.15) is 6.92 Å². The Morgan fingerprint density at radius 2 is 1.90 bits per heavy atom. The van der Waals surface area contributed by atoms with Crippen LogP contribution in [-0.2, 0) is 9.53 Å². The van der Waals surface area contributed by atoms with Crippen LogP contribution < -0.4 is 11.5 Å². The van der Waals surface area contributed by atoms with Crippen molar-refractivity contribution in [1.82, 2.24) is 0 Å². The average Bonchev–Trinajstić information content (AvgIpc) is 2.40. The summed E-state index contributed by atoms with van der Waals surface area (Å²) in [5, 5.41) is 0. The monoisotopic (exact) mass is 301 g/mol. The highest BCUT2D eigenvalue weighted by Crippen LogP contribution is 2.26. The summed E-state index contributed by atoms with van der Waals surface area (Å²) in [6.07, 6.45) is -4.33. The number of hydrogen-bond donors (Lipinski definition) is 2. The minimum Gasteiger partial charge on any atom is -0.462 e. The summed E-state index contributed by atoms with van der Waals surface area (Å²) in [4.78, 5) is 15.0. The summed E-state index contributed by atoms with van der Waals surface area (Å²) in [6.45, 7) is 1.39. The Morgan fingerprint density at radius 3 is 2.33 bits per heavy atom. The first-order valence-corrected chi connectivity index (χ1v) is 5.90. The van der Waals surface area contributed by atoms with E-state index < -0.39 is 23.4 Å². The van der Waals surface area contributed by atoms with Crippen LogP contribution in [0.5, 0.6) is 0 Å². The summed E-state index contributed by atoms with van der Waals surface area (Å²) in [7, 11) is 0. The first kappa shape index (κ1) is 16.5. The second kappa shape index (κ2) is 6.78. The summed E-state index contributed by atoms with van der Waals surface area (Å²) >= 11 is 0. The van der Waals surface area contributed by atoms with Crippen molar-refractivity contribution in [2.75, 3.05) is 12.3 Å². The molecule has 0 unspecified atom stereocenters. The predicted octanol–water partition coefficient (Wildman–Crippen LogP) is 2.31. The minimum atomic E-state index is -4.86. The number of rotatable bonds is 4. The zero-order valence-electron chi connectivity index (χ0n) is 11.1. The SMILES string of the molecule is CCOC(=O)C(=CN)C(=Nc1ccc(N)cc1)C(F)(F)F. The zero-order valence-corrected chi connectivity index (χ0v) is 11.1. The maximum Gasteiger partial charge on any atom is 0.434 e. The maximum absolute atomic E-state index is 13.1. The van der Waals surface area contributed by atoms with E-state index in [1.165, 1.54) is 31.2 Å². The van der Waals surface area contributed by atoms with Gasteiger partial charge in [0.15, 0.2) is 5.71 Å². The van der Waals surface area contributed by atoms with Crippen molar-refractivity contribution in [3.8, 4) is 0 Å². The van der Waals surface area contributed by atoms with Crippen molar-refractivity contribution in [2.45, 2.75) is 13.1 Å². The van der Waals surface area contributed by atoms with Crippen LogP contribution >= 0.6 is 0 Å². The summed E-state index contributed by atoms with van der Waals surface area (Å²) in [5.41, 5.74) is 8.65. The third-order valence-corrected chi connectivity index (χ3v) is 2.32. The Morgan fingerprint density at radius 1 is 1.33 bits per heavy atom. The number of nitrogen functional groups attached to an aromatic ring is 1. The number of aliphatic imine (C=N–C) groups is 1. The molecule has 0 aliphatic rings. The number of nitrogens with zero attached hydrogens (tertiary/aromatic N) is 1. The summed E-state index contributed by atoms with van der Waals surface area (Å²) in [5.74, 6) is -1.19. The zero-order chi connectivity index (χ0) is 16.0. The molecule has 0 amide bonds. The number of anilines is 1. The lowest BCUT2D eigenvalue weighted by molar-refractivity contribution is -0.138. The first-order valence-electron chi connectivity index (χ1n) is 5.90. The molecule has 1 aromatic rings. The second-order valence-electron chi connectivity index (χ2n) is 3.85. The number of hydrogen-bond acceptors (Lipinski definition) is 5. The Hall–Kier alpha value is -2.51. The van der Waals surface area contributed by atoms with Crippen molar-refractivity contribution in [2.24, 2.45) is 10.7 Å². The number of ether oxygens (including phenoxy) is 1. The Bertz CT molecular complexity index is 563. The van der Waals surface area contributed by atoms with Gasteiger partial charge in [-0.05, 0) is 31.2 Å². The molecule has 0 bridgehead atoms. The maximum atomic E-state index is 13.1. The molecule has 0 spiro atoms. The fraction of sp³-hybridized carbons (Fsp3) is 0.231. The fourth-order valence-electron chi connectivity index (χ4n) is 1.41. The van der Waals surface area contributed by atoms with E-state index in [1.807, 2.05) is 0 Å². The quantitative estimate of drug-likeness (QED) is 0.386. The van der Waals surface area contributed by atoms with Crippen LogP contribution in [-0.4, -0.2) is 24.5 Å². The van der Waals surface area contributed by atoms with Gasteiger partial charge in [-0.2, -0.15) is 13.2 Å². The fourth-order valence-corrected chi connectivity index (χ4v) is 1.41. The molecule has 5 nitrogen and oxygen atoms in total. The third-order valence-electron chi connectivity index (χ3n) is 2.32. The van der Waals surface area contributed by atoms with Crippen LogP contribution in [0.4, 0.5) is 24.5 Å². The van der Waals surface area contributed by atoms with Gasteiger partial charge in [-0.15, -0.1) is 0 Å². The molecule has 0 aromatic heterocycles. The van der Waals surface area contributed by atoms with Gasteiger partial charge in [-0.3, -0.25) is 0 Å². The number of nitrogens with two attached hydrogens (primary N) is 2. The highest BCUT2D eigenvalue weighted by atomic mass is 19.4. The van der Waals surface area contributed by atoms with Crippen LogP contribution in [0.3, 0.4) is 0 Å². The van der Waals surface area contributed by atoms with Gasteiger partial charge in [0.05, 0.1) is 12.3 Å². The van der Waals surface area contributed by atoms with Gasteiger partial charge in [0.2, 0.25) is 0 Å². The number of alkyl halides is 3. The lowest BCUT2D eigenvalue weighted by atomic mass is 10.1. The Kier molecular flexibility index (Phi) is 5.34. The van der Waals surface area contributed by atoms with E-state index in [9.17, 15) is 18.0 Å². The Labute approximate surface area is 119 Å². The molecule has 1 aromatic carbocycles. The smallest absolute Gasteiger partial charge is 0.434 e. The first-order chi connectivity index (χ1) is 9.79. The number of halogens is 3. The predicted molar refractivity (Wildman–Crippen MR) is 72.9 cm³/mol. The van der Waals surface area contributed by atoms with Gasteiger partial charge in [0, 0.05) is 11.9 Å². The number of benzene rings is 1. The topological polar surface area (TPSA) is 90.7 Å². The van der Waals surface area contributed by atoms with Gasteiger partial charge in [0.25, 0.3) is 0 Å². The van der Waals surface area contributed by atoms with Crippen LogP contribution in [0.25, 0.3) is 0 Å². The lowest BCUT2D eigenvalue weighted by Crippen LogP contribution is -2.30. The number of carbonyl (C=O) groups is 1. The van der Waals surface area contributed by atoms with Crippen molar-refractivity contribution in [3.63, 3.8) is 0 Å². The van der Waals surface area contributed by atoms with Crippen molar-refractivity contribution in [1.29, 1.82) is 0 Å². The van der Waals surface area contributed by atoms with Crippen molar-refractivity contribution in [3.05, 3.63) is 36.0 Å². The van der Waals surface area contributed by atoms with E-state index >= 15 is 0 Å². The molecule has 1 rings (SSSR count). The third kappa shape index (κ3) is 4.51. The molecular formula is C13H14F3N3O2. The van der Waals surface area contributed by atoms with Crippen LogP contribution in [0.15, 0.2) is 41.0 Å². The van der Waals surface area contributed by atoms with E-state index in [4.69, 9.17) is 11.5 Å². The van der Waals surface area contributed by atoms with Gasteiger partial charge >= 0.3 is 12.1 Å². The lowest BCUT2D eigenvalue weighted by Gasteiger charge is -2.13. The van der Waals surface area contributed by atoms with Crippen LogP contribution in [0.2, 0.25) is 0 Å². The highest BCUT2D eigenvalue weighted by molar-refractivity contribution is 6.22. The second-order valence-corrected chi connectivity index (χ2v) is 3.85. The molecule has 0 aliphatic carbocycles. The van der Waals surface area contributed by atoms with Gasteiger partial charge < -0.3 is 16.2 Å². The minimum absolute atomic E-state index is 0.0137. The molecule has 0 radical (unpaired) electrons. The molecule has 0 fully saturated rings. The normalized spacial score (nSPS) is 13.1. The molecule has 8 heteroatoms. The highest BCUT2D eigenvalue weighted by Gasteiger charge is 2.41. The largest absolute Gasteiger partial charge is 0.462 e.